The molecule has 30 heavy (non-hydrogen) atoms. The molecule has 0 aliphatic heterocycles. The molecule has 0 spiro atoms. The quantitative estimate of drug-likeness (QED) is 0.528. The molecule has 7 nitrogen and oxygen atoms in total. The topological polar surface area (TPSA) is 108 Å². The third-order valence-corrected chi connectivity index (χ3v) is 6.51. The molecule has 0 aliphatic carbocycles. The van der Waals surface area contributed by atoms with E-state index in [1.54, 1.807) is 38.1 Å². The summed E-state index contributed by atoms with van der Waals surface area (Å²) in [5.74, 6) is -1.01. The maximum Gasteiger partial charge on any atom is 0.335 e. The van der Waals surface area contributed by atoms with Gasteiger partial charge in [-0.3, -0.25) is 14.2 Å². The van der Waals surface area contributed by atoms with Gasteiger partial charge in [-0.1, -0.05) is 42.0 Å². The van der Waals surface area contributed by atoms with Crippen LogP contribution in [0.25, 0.3) is 0 Å². The summed E-state index contributed by atoms with van der Waals surface area (Å²) < 4.78 is 23.2. The second kappa shape index (κ2) is 11.1. The van der Waals surface area contributed by atoms with E-state index < -0.39 is 25.5 Å². The first-order chi connectivity index (χ1) is 14.3. The Balaban J connectivity index is 2.05. The summed E-state index contributed by atoms with van der Waals surface area (Å²) in [6.07, 6.45) is 0.430. The third-order valence-electron chi connectivity index (χ3n) is 4.45. The summed E-state index contributed by atoms with van der Waals surface area (Å²) in [5.41, 5.74) is 8.59. The van der Waals surface area contributed by atoms with Crippen molar-refractivity contribution < 1.29 is 23.2 Å². The highest BCUT2D eigenvalue weighted by molar-refractivity contribution is 7.53. The molecule has 2 rings (SSSR count). The van der Waals surface area contributed by atoms with Crippen molar-refractivity contribution in [3.8, 4) is 0 Å². The van der Waals surface area contributed by atoms with Crippen LogP contribution in [-0.2, 0) is 31.0 Å². The predicted molar refractivity (Wildman–Crippen MR) is 116 cm³/mol. The van der Waals surface area contributed by atoms with E-state index in [0.717, 1.165) is 16.7 Å². The van der Waals surface area contributed by atoms with Gasteiger partial charge in [0.1, 0.15) is 6.04 Å². The van der Waals surface area contributed by atoms with E-state index in [2.05, 4.69) is 5.32 Å². The van der Waals surface area contributed by atoms with Gasteiger partial charge in [0.25, 0.3) is 5.91 Å². The maximum absolute atomic E-state index is 12.6. The fourth-order valence-corrected chi connectivity index (χ4v) is 4.63. The van der Waals surface area contributed by atoms with E-state index in [4.69, 9.17) is 14.8 Å². The molecule has 0 heterocycles. The second-order valence-corrected chi connectivity index (χ2v) is 8.97. The number of nitrogens with two attached hydrogens (primary N) is 1. The molecule has 2 aromatic carbocycles. The SMILES string of the molecule is CCOP(=O)(Cc1ccc(C(=O)N[C@H](Cc2ccc(C)cc2)C(N)=O)cc1)OCC. The van der Waals surface area contributed by atoms with E-state index in [1.807, 2.05) is 31.2 Å². The average Bonchev–Trinajstić information content (AvgIpc) is 2.69. The first-order valence-corrected chi connectivity index (χ1v) is 11.6. The fourth-order valence-electron chi connectivity index (χ4n) is 2.93. The molecule has 0 aromatic heterocycles. The number of primary amides is 1. The average molecular weight is 432 g/mol. The lowest BCUT2D eigenvalue weighted by molar-refractivity contribution is -0.119. The lowest BCUT2D eigenvalue weighted by Gasteiger charge is -2.17. The number of amides is 2. The van der Waals surface area contributed by atoms with Crippen molar-refractivity contribution in [2.24, 2.45) is 5.73 Å². The molecule has 0 fully saturated rings. The Hall–Kier alpha value is -2.47. The molecule has 162 valence electrons. The van der Waals surface area contributed by atoms with Gasteiger partial charge in [0.15, 0.2) is 0 Å². The minimum atomic E-state index is -3.22. The van der Waals surface area contributed by atoms with Gasteiger partial charge in [-0.15, -0.1) is 0 Å². The number of carbonyl (C=O) groups is 2. The van der Waals surface area contributed by atoms with Crippen molar-refractivity contribution in [3.63, 3.8) is 0 Å². The summed E-state index contributed by atoms with van der Waals surface area (Å²) in [6, 6.07) is 13.5. The molecule has 0 bridgehead atoms. The van der Waals surface area contributed by atoms with Crippen LogP contribution in [0.1, 0.15) is 40.9 Å². The van der Waals surface area contributed by atoms with Gasteiger partial charge in [0, 0.05) is 12.0 Å². The summed E-state index contributed by atoms with van der Waals surface area (Å²) in [7, 11) is -3.22. The highest BCUT2D eigenvalue weighted by Gasteiger charge is 2.24. The smallest absolute Gasteiger partial charge is 0.335 e. The molecule has 0 saturated heterocycles. The van der Waals surface area contributed by atoms with Crippen molar-refractivity contribution in [2.45, 2.75) is 39.4 Å². The van der Waals surface area contributed by atoms with Crippen LogP contribution in [0, 0.1) is 6.92 Å². The summed E-state index contributed by atoms with van der Waals surface area (Å²) in [4.78, 5) is 24.4. The third kappa shape index (κ3) is 7.10. The van der Waals surface area contributed by atoms with Crippen LogP contribution < -0.4 is 11.1 Å². The molecule has 0 radical (unpaired) electrons. The first kappa shape index (κ1) is 23.8. The number of nitrogens with one attached hydrogen (secondary N) is 1. The molecule has 0 unspecified atom stereocenters. The number of carbonyl (C=O) groups excluding carboxylic acids is 2. The van der Waals surface area contributed by atoms with Crippen molar-refractivity contribution >= 4 is 19.4 Å². The van der Waals surface area contributed by atoms with Crippen molar-refractivity contribution in [1.29, 1.82) is 0 Å². The molecule has 8 heteroatoms. The molecule has 0 saturated carbocycles. The van der Waals surface area contributed by atoms with Crippen LogP contribution in [0.3, 0.4) is 0 Å². The second-order valence-electron chi connectivity index (χ2n) is 6.92. The molecule has 2 amide bonds. The number of benzene rings is 2. The molecule has 1 atom stereocenters. The van der Waals surface area contributed by atoms with Gasteiger partial charge >= 0.3 is 7.60 Å². The van der Waals surface area contributed by atoms with Crippen LogP contribution in [0.15, 0.2) is 48.5 Å². The monoisotopic (exact) mass is 432 g/mol. The van der Waals surface area contributed by atoms with Gasteiger partial charge in [-0.25, -0.2) is 0 Å². The van der Waals surface area contributed by atoms with Gasteiger partial charge in [-0.05, 0) is 44.0 Å². The molecule has 3 N–H and O–H groups in total. The van der Waals surface area contributed by atoms with Gasteiger partial charge in [-0.2, -0.15) is 0 Å². The summed E-state index contributed by atoms with van der Waals surface area (Å²) in [6.45, 7) is 6.05. The van der Waals surface area contributed by atoms with Crippen molar-refractivity contribution in [1.82, 2.24) is 5.32 Å². The first-order valence-electron chi connectivity index (χ1n) is 9.89. The Kier molecular flexibility index (Phi) is 8.78. The number of rotatable bonds is 11. The zero-order valence-corrected chi connectivity index (χ0v) is 18.5. The number of hydrogen-bond donors (Lipinski definition) is 2. The minimum Gasteiger partial charge on any atom is -0.368 e. The molecule has 0 aliphatic rings. The van der Waals surface area contributed by atoms with E-state index in [0.29, 0.717) is 12.0 Å². The Morgan fingerprint density at radius 3 is 2.00 bits per heavy atom. The van der Waals surface area contributed by atoms with E-state index in [9.17, 15) is 14.2 Å². The molecular weight excluding hydrogens is 403 g/mol. The van der Waals surface area contributed by atoms with Crippen LogP contribution in [0.2, 0.25) is 0 Å². The van der Waals surface area contributed by atoms with Crippen LogP contribution in [0.5, 0.6) is 0 Å². The lowest BCUT2D eigenvalue weighted by Crippen LogP contribution is -2.45. The predicted octanol–water partition coefficient (Wildman–Crippen LogP) is 3.59. The largest absolute Gasteiger partial charge is 0.368 e. The van der Waals surface area contributed by atoms with E-state index in [1.165, 1.54) is 0 Å². The van der Waals surface area contributed by atoms with Crippen LogP contribution in [0.4, 0.5) is 0 Å². The normalized spacial score (nSPS) is 12.4. The van der Waals surface area contributed by atoms with Crippen LogP contribution in [-0.4, -0.2) is 31.1 Å². The summed E-state index contributed by atoms with van der Waals surface area (Å²) >= 11 is 0. The Morgan fingerprint density at radius 1 is 0.967 bits per heavy atom. The van der Waals surface area contributed by atoms with Crippen LogP contribution >= 0.6 is 7.60 Å². The minimum absolute atomic E-state index is 0.119. The highest BCUT2D eigenvalue weighted by Crippen LogP contribution is 2.51. The fraction of sp³-hybridized carbons (Fsp3) is 0.364. The molecule has 2 aromatic rings. The standard InChI is InChI=1S/C22H29N2O5P/c1-4-28-30(27,29-5-2)15-18-10-12-19(13-11-18)22(26)24-20(21(23)25)14-17-8-6-16(3)7-9-17/h6-13,20H,4-5,14-15H2,1-3H3,(H2,23,25)(H,24,26)/t20-/m1/s1. The lowest BCUT2D eigenvalue weighted by atomic mass is 10.0. The van der Waals surface area contributed by atoms with E-state index in [-0.39, 0.29) is 19.4 Å². The zero-order valence-electron chi connectivity index (χ0n) is 17.6. The number of aryl methyl sites for hydroxylation is 1. The molecular formula is C22H29N2O5P. The van der Waals surface area contributed by atoms with Crippen molar-refractivity contribution in [3.05, 3.63) is 70.8 Å². The van der Waals surface area contributed by atoms with Gasteiger partial charge < -0.3 is 20.1 Å². The van der Waals surface area contributed by atoms with Gasteiger partial charge in [0.05, 0.1) is 19.4 Å². The highest BCUT2D eigenvalue weighted by atomic mass is 31.2. The Bertz CT molecular complexity index is 887. The Morgan fingerprint density at radius 2 is 1.50 bits per heavy atom. The number of hydrogen-bond acceptors (Lipinski definition) is 5. The summed E-state index contributed by atoms with van der Waals surface area (Å²) in [5, 5.41) is 2.69. The Labute approximate surface area is 177 Å². The van der Waals surface area contributed by atoms with Gasteiger partial charge in [0.2, 0.25) is 5.91 Å². The zero-order chi connectivity index (χ0) is 22.1. The maximum atomic E-state index is 12.6. The van der Waals surface area contributed by atoms with Crippen molar-refractivity contribution in [2.75, 3.05) is 13.2 Å². The van der Waals surface area contributed by atoms with E-state index >= 15 is 0 Å².